The first kappa shape index (κ1) is 15.4. The van der Waals surface area contributed by atoms with E-state index in [-0.39, 0.29) is 5.91 Å². The van der Waals surface area contributed by atoms with E-state index in [0.29, 0.717) is 36.8 Å². The molecular weight excluding hydrogens is 324 g/mol. The van der Waals surface area contributed by atoms with Gasteiger partial charge in [-0.05, 0) is 37.8 Å². The Hall–Kier alpha value is -2.08. The van der Waals surface area contributed by atoms with Crippen molar-refractivity contribution in [2.75, 3.05) is 20.3 Å². The topological polar surface area (TPSA) is 51.7 Å². The number of benzene rings is 1. The average molecular weight is 344 g/mol. The number of nitrogens with zero attached hydrogens (tertiary/aromatic N) is 2. The molecule has 5 nitrogen and oxygen atoms in total. The van der Waals surface area contributed by atoms with Gasteiger partial charge in [-0.2, -0.15) is 0 Å². The molecule has 0 bridgehead atoms. The van der Waals surface area contributed by atoms with Gasteiger partial charge in [-0.1, -0.05) is 6.07 Å². The molecule has 1 aromatic carbocycles. The van der Waals surface area contributed by atoms with Crippen LogP contribution < -0.4 is 9.47 Å². The van der Waals surface area contributed by atoms with Gasteiger partial charge >= 0.3 is 0 Å². The van der Waals surface area contributed by atoms with Crippen LogP contribution in [0.15, 0.2) is 18.2 Å². The molecular formula is C18H20N2O3S. The number of hydrogen-bond donors (Lipinski definition) is 0. The van der Waals surface area contributed by atoms with Gasteiger partial charge in [-0.25, -0.2) is 4.98 Å². The molecule has 4 rings (SSSR count). The molecule has 0 atom stereocenters. The number of thiazole rings is 1. The molecule has 126 valence electrons. The summed E-state index contributed by atoms with van der Waals surface area (Å²) in [6.45, 7) is 1.52. The second-order valence-electron chi connectivity index (χ2n) is 6.18. The molecule has 0 radical (unpaired) electrons. The van der Waals surface area contributed by atoms with E-state index >= 15 is 0 Å². The monoisotopic (exact) mass is 344 g/mol. The number of para-hydroxylation sites is 1. The van der Waals surface area contributed by atoms with Crippen LogP contribution in [0.25, 0.3) is 0 Å². The molecule has 6 heteroatoms. The van der Waals surface area contributed by atoms with Crippen LogP contribution in [-0.2, 0) is 19.4 Å². The van der Waals surface area contributed by atoms with E-state index in [9.17, 15) is 4.79 Å². The quantitative estimate of drug-likeness (QED) is 0.859. The van der Waals surface area contributed by atoms with Gasteiger partial charge < -0.3 is 14.4 Å². The molecule has 2 heterocycles. The van der Waals surface area contributed by atoms with E-state index in [0.717, 1.165) is 17.8 Å². The van der Waals surface area contributed by atoms with Crippen molar-refractivity contribution in [2.45, 2.75) is 32.2 Å². The lowest BCUT2D eigenvalue weighted by molar-refractivity contribution is 0.0774. The summed E-state index contributed by atoms with van der Waals surface area (Å²) in [5.41, 5.74) is 1.78. The standard InChI is InChI=1S/C18H20N2O3S/c1-20(11-16-19-13-6-2-3-8-15(13)24-16)18(21)12-5-4-7-14-17(12)23-10-9-22-14/h4-5,7H,2-3,6,8-11H2,1H3. The highest BCUT2D eigenvalue weighted by molar-refractivity contribution is 7.11. The third-order valence-corrected chi connectivity index (χ3v) is 5.55. The van der Waals surface area contributed by atoms with E-state index in [1.54, 1.807) is 22.3 Å². The zero-order valence-corrected chi connectivity index (χ0v) is 14.5. The van der Waals surface area contributed by atoms with Crippen LogP contribution in [-0.4, -0.2) is 36.1 Å². The Morgan fingerprint density at radius 2 is 2.08 bits per heavy atom. The fourth-order valence-electron chi connectivity index (χ4n) is 3.20. The Kier molecular flexibility index (Phi) is 4.14. The molecule has 24 heavy (non-hydrogen) atoms. The average Bonchev–Trinajstić information content (AvgIpc) is 3.02. The third-order valence-electron chi connectivity index (χ3n) is 4.41. The summed E-state index contributed by atoms with van der Waals surface area (Å²) in [5.74, 6) is 1.13. The molecule has 0 fully saturated rings. The van der Waals surface area contributed by atoms with Crippen LogP contribution in [0.1, 0.15) is 38.8 Å². The Balaban J connectivity index is 1.53. The molecule has 2 aliphatic rings. The summed E-state index contributed by atoms with van der Waals surface area (Å²) in [6, 6.07) is 5.45. The number of amides is 1. The number of fused-ring (bicyclic) bond motifs is 2. The van der Waals surface area contributed by atoms with Gasteiger partial charge in [-0.3, -0.25) is 4.79 Å². The van der Waals surface area contributed by atoms with Crippen molar-refractivity contribution in [3.8, 4) is 11.5 Å². The van der Waals surface area contributed by atoms with E-state index in [2.05, 4.69) is 0 Å². The van der Waals surface area contributed by atoms with E-state index < -0.39 is 0 Å². The highest BCUT2D eigenvalue weighted by Gasteiger charge is 2.24. The number of carbonyl (C=O) groups is 1. The van der Waals surface area contributed by atoms with Crippen molar-refractivity contribution in [3.63, 3.8) is 0 Å². The lowest BCUT2D eigenvalue weighted by atomic mass is 10.0. The normalized spacial score (nSPS) is 15.7. The van der Waals surface area contributed by atoms with Crippen molar-refractivity contribution in [3.05, 3.63) is 39.3 Å². The Morgan fingerprint density at radius 1 is 1.25 bits per heavy atom. The van der Waals surface area contributed by atoms with E-state index in [1.807, 2.05) is 19.2 Å². The number of hydrogen-bond acceptors (Lipinski definition) is 5. The van der Waals surface area contributed by atoms with Crippen LogP contribution >= 0.6 is 11.3 Å². The number of carbonyl (C=O) groups excluding carboxylic acids is 1. The zero-order valence-electron chi connectivity index (χ0n) is 13.7. The molecule has 2 aromatic rings. The first-order chi connectivity index (χ1) is 11.7. The summed E-state index contributed by atoms with van der Waals surface area (Å²) < 4.78 is 11.2. The van der Waals surface area contributed by atoms with Gasteiger partial charge in [0, 0.05) is 11.9 Å². The zero-order chi connectivity index (χ0) is 16.5. The van der Waals surface area contributed by atoms with E-state index in [4.69, 9.17) is 14.5 Å². The maximum Gasteiger partial charge on any atom is 0.257 e. The second kappa shape index (κ2) is 6.43. The SMILES string of the molecule is CN(Cc1nc2c(s1)CCCC2)C(=O)c1cccc2c1OCCO2. The Morgan fingerprint density at radius 3 is 2.96 bits per heavy atom. The number of ether oxygens (including phenoxy) is 2. The van der Waals surface area contributed by atoms with Crippen LogP contribution in [0, 0.1) is 0 Å². The summed E-state index contributed by atoms with van der Waals surface area (Å²) in [7, 11) is 1.81. The van der Waals surface area contributed by atoms with Crippen LogP contribution in [0.4, 0.5) is 0 Å². The summed E-state index contributed by atoms with van der Waals surface area (Å²) in [6.07, 6.45) is 4.66. The lowest BCUT2D eigenvalue weighted by Gasteiger charge is -2.23. The predicted octanol–water partition coefficient (Wildman–Crippen LogP) is 3.07. The largest absolute Gasteiger partial charge is 0.486 e. The molecule has 1 aliphatic carbocycles. The van der Waals surface area contributed by atoms with Crippen LogP contribution in [0.3, 0.4) is 0 Å². The molecule has 0 saturated carbocycles. The number of aromatic nitrogens is 1. The van der Waals surface area contributed by atoms with Gasteiger partial charge in [0.25, 0.3) is 5.91 Å². The van der Waals surface area contributed by atoms with Crippen molar-refractivity contribution < 1.29 is 14.3 Å². The predicted molar refractivity (Wildman–Crippen MR) is 92.0 cm³/mol. The molecule has 0 N–H and O–H groups in total. The van der Waals surface area contributed by atoms with Gasteiger partial charge in [0.1, 0.15) is 18.2 Å². The highest BCUT2D eigenvalue weighted by Crippen LogP contribution is 2.34. The molecule has 0 spiro atoms. The molecule has 1 amide bonds. The lowest BCUT2D eigenvalue weighted by Crippen LogP contribution is -2.28. The maximum absolute atomic E-state index is 12.8. The summed E-state index contributed by atoms with van der Waals surface area (Å²) in [5, 5.41) is 1.01. The minimum Gasteiger partial charge on any atom is -0.486 e. The van der Waals surface area contributed by atoms with Crippen LogP contribution in [0.2, 0.25) is 0 Å². The molecule has 0 saturated heterocycles. The number of aryl methyl sites for hydroxylation is 2. The number of rotatable bonds is 3. The van der Waals surface area contributed by atoms with Gasteiger partial charge in [0.15, 0.2) is 11.5 Å². The summed E-state index contributed by atoms with van der Waals surface area (Å²) >= 11 is 1.74. The van der Waals surface area contributed by atoms with Gasteiger partial charge in [0.05, 0.1) is 17.8 Å². The van der Waals surface area contributed by atoms with Crippen molar-refractivity contribution >= 4 is 17.2 Å². The third kappa shape index (κ3) is 2.86. The maximum atomic E-state index is 12.8. The Labute approximate surface area is 145 Å². The molecule has 0 unspecified atom stereocenters. The summed E-state index contributed by atoms with van der Waals surface area (Å²) in [4.78, 5) is 20.7. The van der Waals surface area contributed by atoms with Gasteiger partial charge in [0.2, 0.25) is 0 Å². The minimum absolute atomic E-state index is 0.0643. The molecule has 1 aliphatic heterocycles. The van der Waals surface area contributed by atoms with Crippen molar-refractivity contribution in [1.82, 2.24) is 9.88 Å². The second-order valence-corrected chi connectivity index (χ2v) is 7.34. The Bertz CT molecular complexity index is 748. The minimum atomic E-state index is -0.0643. The van der Waals surface area contributed by atoms with Gasteiger partial charge in [-0.15, -0.1) is 11.3 Å². The fourth-order valence-corrected chi connectivity index (χ4v) is 4.41. The van der Waals surface area contributed by atoms with E-state index in [1.165, 1.54) is 23.4 Å². The highest BCUT2D eigenvalue weighted by atomic mass is 32.1. The first-order valence-corrected chi connectivity index (χ1v) is 9.15. The van der Waals surface area contributed by atoms with Crippen molar-refractivity contribution in [2.24, 2.45) is 0 Å². The molecule has 1 aromatic heterocycles. The van der Waals surface area contributed by atoms with Crippen LogP contribution in [0.5, 0.6) is 11.5 Å². The fraction of sp³-hybridized carbons (Fsp3) is 0.444. The van der Waals surface area contributed by atoms with Crippen molar-refractivity contribution in [1.29, 1.82) is 0 Å². The smallest absolute Gasteiger partial charge is 0.257 e. The first-order valence-electron chi connectivity index (χ1n) is 8.34.